The fourth-order valence-electron chi connectivity index (χ4n) is 2.43. The third-order valence-electron chi connectivity index (χ3n) is 4.12. The maximum absolute atomic E-state index is 12.3. The quantitative estimate of drug-likeness (QED) is 0.748. The van der Waals surface area contributed by atoms with Gasteiger partial charge >= 0.3 is 0 Å². The predicted molar refractivity (Wildman–Crippen MR) is 99.7 cm³/mol. The molecule has 6 nitrogen and oxygen atoms in total. The summed E-state index contributed by atoms with van der Waals surface area (Å²) in [5.41, 5.74) is 2.83. The minimum Gasteiger partial charge on any atom is -0.352 e. The zero-order valence-corrected chi connectivity index (χ0v) is 14.5. The van der Waals surface area contributed by atoms with Crippen LogP contribution in [0.1, 0.15) is 35.7 Å². The van der Waals surface area contributed by atoms with E-state index >= 15 is 0 Å². The Bertz CT molecular complexity index is 809. The lowest BCUT2D eigenvalue weighted by atomic mass is 10.1. The molecular formula is C20H21N3O3. The largest absolute Gasteiger partial charge is 0.352 e. The van der Waals surface area contributed by atoms with Gasteiger partial charge in [0.25, 0.3) is 5.91 Å². The molecule has 134 valence electrons. The molecule has 6 heteroatoms. The predicted octanol–water partition coefficient (Wildman–Crippen LogP) is 2.92. The minimum absolute atomic E-state index is 0.0566. The number of carbonyl (C=O) groups is 3. The summed E-state index contributed by atoms with van der Waals surface area (Å²) in [4.78, 5) is 34.9. The van der Waals surface area contributed by atoms with Crippen LogP contribution in [0, 0.1) is 5.92 Å². The Morgan fingerprint density at radius 1 is 0.885 bits per heavy atom. The first kappa shape index (κ1) is 17.7. The molecule has 1 fully saturated rings. The Morgan fingerprint density at radius 2 is 1.46 bits per heavy atom. The van der Waals surface area contributed by atoms with Gasteiger partial charge in [-0.3, -0.25) is 14.4 Å². The highest BCUT2D eigenvalue weighted by Crippen LogP contribution is 2.30. The highest BCUT2D eigenvalue weighted by molar-refractivity contribution is 6.04. The summed E-state index contributed by atoms with van der Waals surface area (Å²) in [6, 6.07) is 14.1. The molecule has 3 amide bonds. The molecular weight excluding hydrogens is 330 g/mol. The van der Waals surface area contributed by atoms with E-state index in [1.165, 1.54) is 6.92 Å². The Hall–Kier alpha value is -3.15. The van der Waals surface area contributed by atoms with Gasteiger partial charge in [0.15, 0.2) is 0 Å². The van der Waals surface area contributed by atoms with Gasteiger partial charge in [0, 0.05) is 36.3 Å². The number of amides is 3. The number of nitrogens with one attached hydrogen (secondary N) is 3. The van der Waals surface area contributed by atoms with Crippen molar-refractivity contribution in [3.63, 3.8) is 0 Å². The highest BCUT2D eigenvalue weighted by Gasteiger charge is 2.29. The van der Waals surface area contributed by atoms with E-state index < -0.39 is 0 Å². The first-order valence-electron chi connectivity index (χ1n) is 8.57. The van der Waals surface area contributed by atoms with Gasteiger partial charge in [-0.2, -0.15) is 0 Å². The van der Waals surface area contributed by atoms with E-state index in [1.54, 1.807) is 48.5 Å². The van der Waals surface area contributed by atoms with E-state index in [4.69, 9.17) is 0 Å². The summed E-state index contributed by atoms with van der Waals surface area (Å²) < 4.78 is 0. The number of rotatable bonds is 6. The average Bonchev–Trinajstić information content (AvgIpc) is 3.47. The van der Waals surface area contributed by atoms with Crippen LogP contribution in [0.4, 0.5) is 11.4 Å². The van der Waals surface area contributed by atoms with Crippen molar-refractivity contribution in [2.24, 2.45) is 5.92 Å². The highest BCUT2D eigenvalue weighted by atomic mass is 16.2. The molecule has 0 unspecified atom stereocenters. The van der Waals surface area contributed by atoms with E-state index in [1.807, 2.05) is 0 Å². The standard InChI is InChI=1S/C20H21N3O3/c1-13(24)21-12-14-2-4-15(5-3-14)19(25)22-17-8-10-18(11-9-17)23-20(26)16-6-7-16/h2-5,8-11,16H,6-7,12H2,1H3,(H,21,24)(H,22,25)(H,23,26). The molecule has 0 radical (unpaired) electrons. The van der Waals surface area contributed by atoms with E-state index in [0.29, 0.717) is 17.8 Å². The van der Waals surface area contributed by atoms with Gasteiger partial charge in [-0.05, 0) is 54.8 Å². The van der Waals surface area contributed by atoms with Crippen molar-refractivity contribution in [1.29, 1.82) is 0 Å². The lowest BCUT2D eigenvalue weighted by molar-refractivity contribution is -0.119. The second-order valence-electron chi connectivity index (χ2n) is 6.40. The number of benzene rings is 2. The van der Waals surface area contributed by atoms with Gasteiger partial charge in [0.1, 0.15) is 0 Å². The molecule has 2 aromatic carbocycles. The van der Waals surface area contributed by atoms with E-state index in [9.17, 15) is 14.4 Å². The fraction of sp³-hybridized carbons (Fsp3) is 0.250. The molecule has 1 saturated carbocycles. The van der Waals surface area contributed by atoms with Crippen molar-refractivity contribution in [3.05, 3.63) is 59.7 Å². The number of hydrogen-bond donors (Lipinski definition) is 3. The van der Waals surface area contributed by atoms with Crippen LogP contribution >= 0.6 is 0 Å². The van der Waals surface area contributed by atoms with Gasteiger partial charge in [-0.1, -0.05) is 12.1 Å². The van der Waals surface area contributed by atoms with Gasteiger partial charge in [0.2, 0.25) is 11.8 Å². The van der Waals surface area contributed by atoms with Crippen molar-refractivity contribution in [3.8, 4) is 0 Å². The van der Waals surface area contributed by atoms with Crippen LogP contribution in [0.3, 0.4) is 0 Å². The van der Waals surface area contributed by atoms with E-state index in [-0.39, 0.29) is 23.6 Å². The van der Waals surface area contributed by atoms with Crippen molar-refractivity contribution in [2.75, 3.05) is 10.6 Å². The number of anilines is 2. The maximum atomic E-state index is 12.3. The summed E-state index contributed by atoms with van der Waals surface area (Å²) in [5.74, 6) is -0.0985. The molecule has 3 N–H and O–H groups in total. The lowest BCUT2D eigenvalue weighted by Gasteiger charge is -2.08. The third kappa shape index (κ3) is 4.92. The first-order valence-corrected chi connectivity index (χ1v) is 8.57. The van der Waals surface area contributed by atoms with Crippen molar-refractivity contribution < 1.29 is 14.4 Å². The van der Waals surface area contributed by atoms with Crippen LogP contribution < -0.4 is 16.0 Å². The molecule has 26 heavy (non-hydrogen) atoms. The molecule has 1 aliphatic rings. The van der Waals surface area contributed by atoms with Gasteiger partial charge in [-0.15, -0.1) is 0 Å². The molecule has 2 aromatic rings. The van der Waals surface area contributed by atoms with Crippen molar-refractivity contribution in [1.82, 2.24) is 5.32 Å². The normalized spacial score (nSPS) is 13.0. The Kier molecular flexibility index (Phi) is 5.31. The van der Waals surface area contributed by atoms with E-state index in [0.717, 1.165) is 24.1 Å². The number of carbonyl (C=O) groups excluding carboxylic acids is 3. The monoisotopic (exact) mass is 351 g/mol. The van der Waals surface area contributed by atoms with Crippen LogP contribution in [0.15, 0.2) is 48.5 Å². The van der Waals surface area contributed by atoms with Crippen LogP contribution in [-0.4, -0.2) is 17.7 Å². The molecule has 0 atom stereocenters. The van der Waals surface area contributed by atoms with Crippen molar-refractivity contribution >= 4 is 29.1 Å². The third-order valence-corrected chi connectivity index (χ3v) is 4.12. The molecule has 0 aliphatic heterocycles. The topological polar surface area (TPSA) is 87.3 Å². The van der Waals surface area contributed by atoms with Crippen LogP contribution in [-0.2, 0) is 16.1 Å². The Labute approximate surface area is 152 Å². The molecule has 0 heterocycles. The van der Waals surface area contributed by atoms with Gasteiger partial charge in [-0.25, -0.2) is 0 Å². The maximum Gasteiger partial charge on any atom is 0.255 e. The van der Waals surface area contributed by atoms with Crippen LogP contribution in [0.2, 0.25) is 0 Å². The second-order valence-corrected chi connectivity index (χ2v) is 6.40. The zero-order valence-electron chi connectivity index (χ0n) is 14.5. The second kappa shape index (κ2) is 7.82. The lowest BCUT2D eigenvalue weighted by Crippen LogP contribution is -2.19. The molecule has 0 bridgehead atoms. The summed E-state index contributed by atoms with van der Waals surface area (Å²) >= 11 is 0. The number of hydrogen-bond acceptors (Lipinski definition) is 3. The molecule has 0 aromatic heterocycles. The fourth-order valence-corrected chi connectivity index (χ4v) is 2.43. The van der Waals surface area contributed by atoms with E-state index in [2.05, 4.69) is 16.0 Å². The van der Waals surface area contributed by atoms with Crippen LogP contribution in [0.5, 0.6) is 0 Å². The minimum atomic E-state index is -0.217. The first-order chi connectivity index (χ1) is 12.5. The summed E-state index contributed by atoms with van der Waals surface area (Å²) in [6.07, 6.45) is 1.92. The zero-order chi connectivity index (χ0) is 18.5. The van der Waals surface area contributed by atoms with Crippen LogP contribution in [0.25, 0.3) is 0 Å². The van der Waals surface area contributed by atoms with Crippen molar-refractivity contribution in [2.45, 2.75) is 26.3 Å². The SMILES string of the molecule is CC(=O)NCc1ccc(C(=O)Nc2ccc(NC(=O)C3CC3)cc2)cc1. The average molecular weight is 351 g/mol. The molecule has 3 rings (SSSR count). The smallest absolute Gasteiger partial charge is 0.255 e. The molecule has 0 spiro atoms. The summed E-state index contributed by atoms with van der Waals surface area (Å²) in [7, 11) is 0. The summed E-state index contributed by atoms with van der Waals surface area (Å²) in [6.45, 7) is 1.90. The summed E-state index contributed by atoms with van der Waals surface area (Å²) in [5, 5.41) is 8.39. The molecule has 0 saturated heterocycles. The molecule has 1 aliphatic carbocycles. The van der Waals surface area contributed by atoms with Gasteiger partial charge < -0.3 is 16.0 Å². The van der Waals surface area contributed by atoms with Gasteiger partial charge in [0.05, 0.1) is 0 Å². The Morgan fingerprint density at radius 3 is 2.00 bits per heavy atom. The Balaban J connectivity index is 1.55.